The van der Waals surface area contributed by atoms with Crippen LogP contribution >= 0.6 is 11.6 Å². The van der Waals surface area contributed by atoms with Crippen molar-refractivity contribution in [3.05, 3.63) is 59.1 Å². The summed E-state index contributed by atoms with van der Waals surface area (Å²) in [4.78, 5) is 2.09. The van der Waals surface area contributed by atoms with Crippen molar-refractivity contribution in [2.45, 2.75) is 6.42 Å². The molecule has 3 heteroatoms. The monoisotopic (exact) mass is 274 g/mol. The van der Waals surface area contributed by atoms with Crippen LogP contribution in [0.25, 0.3) is 0 Å². The second-order valence-corrected chi connectivity index (χ2v) is 5.18. The molecule has 0 unspecified atom stereocenters. The minimum Gasteiger partial charge on any atom is -0.385 e. The van der Waals surface area contributed by atoms with Crippen LogP contribution in [0.1, 0.15) is 5.56 Å². The summed E-state index contributed by atoms with van der Waals surface area (Å²) in [7, 11) is 4.09. The van der Waals surface area contributed by atoms with Gasteiger partial charge in [-0.1, -0.05) is 23.7 Å². The van der Waals surface area contributed by atoms with E-state index in [1.54, 1.807) is 0 Å². The lowest BCUT2D eigenvalue weighted by Gasteiger charge is -2.13. The molecule has 19 heavy (non-hydrogen) atoms. The summed E-state index contributed by atoms with van der Waals surface area (Å²) in [5.41, 5.74) is 3.66. The van der Waals surface area contributed by atoms with Crippen LogP contribution in [-0.2, 0) is 6.42 Å². The molecular formula is C16H19ClN2. The Morgan fingerprint density at radius 1 is 0.947 bits per heavy atom. The van der Waals surface area contributed by atoms with Crippen LogP contribution in [0.5, 0.6) is 0 Å². The molecule has 0 saturated carbocycles. The highest BCUT2D eigenvalue weighted by Crippen LogP contribution is 2.16. The molecule has 0 aliphatic rings. The topological polar surface area (TPSA) is 15.3 Å². The lowest BCUT2D eigenvalue weighted by atomic mass is 10.1. The second kappa shape index (κ2) is 6.48. The maximum Gasteiger partial charge on any atom is 0.0406 e. The number of halogens is 1. The molecule has 2 aromatic rings. The first-order valence-corrected chi connectivity index (χ1v) is 6.78. The van der Waals surface area contributed by atoms with Crippen molar-refractivity contribution in [2.24, 2.45) is 0 Å². The SMILES string of the molecule is CN(C)c1ccc(NCCc2ccc(Cl)cc2)cc1. The van der Waals surface area contributed by atoms with Crippen LogP contribution in [0.2, 0.25) is 5.02 Å². The van der Waals surface area contributed by atoms with Crippen molar-refractivity contribution in [1.29, 1.82) is 0 Å². The van der Waals surface area contributed by atoms with Gasteiger partial charge in [0, 0.05) is 37.0 Å². The number of hydrogen-bond acceptors (Lipinski definition) is 2. The smallest absolute Gasteiger partial charge is 0.0406 e. The minimum absolute atomic E-state index is 0.788. The maximum absolute atomic E-state index is 5.86. The molecule has 0 aliphatic heterocycles. The van der Waals surface area contributed by atoms with Gasteiger partial charge in [0.2, 0.25) is 0 Å². The predicted molar refractivity (Wildman–Crippen MR) is 84.4 cm³/mol. The van der Waals surface area contributed by atoms with Gasteiger partial charge in [-0.15, -0.1) is 0 Å². The standard InChI is InChI=1S/C16H19ClN2/c1-19(2)16-9-7-15(8-10-16)18-12-11-13-3-5-14(17)6-4-13/h3-10,18H,11-12H2,1-2H3. The number of anilines is 2. The molecule has 2 aromatic carbocycles. The highest BCUT2D eigenvalue weighted by Gasteiger charge is 1.97. The second-order valence-electron chi connectivity index (χ2n) is 4.74. The Bertz CT molecular complexity index is 503. The predicted octanol–water partition coefficient (Wildman–Crippen LogP) is 4.06. The summed E-state index contributed by atoms with van der Waals surface area (Å²) in [6, 6.07) is 16.5. The summed E-state index contributed by atoms with van der Waals surface area (Å²) >= 11 is 5.86. The van der Waals surface area contributed by atoms with E-state index < -0.39 is 0 Å². The summed E-state index contributed by atoms with van der Waals surface area (Å²) < 4.78 is 0. The van der Waals surface area contributed by atoms with E-state index in [2.05, 4.69) is 46.6 Å². The molecular weight excluding hydrogens is 256 g/mol. The van der Waals surface area contributed by atoms with Gasteiger partial charge in [-0.05, 0) is 48.4 Å². The van der Waals surface area contributed by atoms with Crippen molar-refractivity contribution >= 4 is 23.0 Å². The van der Waals surface area contributed by atoms with Gasteiger partial charge in [-0.2, -0.15) is 0 Å². The van der Waals surface area contributed by atoms with E-state index in [1.165, 1.54) is 11.3 Å². The normalized spacial score (nSPS) is 10.3. The van der Waals surface area contributed by atoms with Gasteiger partial charge in [0.15, 0.2) is 0 Å². The van der Waals surface area contributed by atoms with Crippen molar-refractivity contribution < 1.29 is 0 Å². The van der Waals surface area contributed by atoms with Gasteiger partial charge in [0.05, 0.1) is 0 Å². The van der Waals surface area contributed by atoms with Crippen LogP contribution in [0.15, 0.2) is 48.5 Å². The first kappa shape index (κ1) is 13.8. The van der Waals surface area contributed by atoms with Crippen LogP contribution < -0.4 is 10.2 Å². The zero-order valence-electron chi connectivity index (χ0n) is 11.4. The minimum atomic E-state index is 0.788. The third-order valence-electron chi connectivity index (χ3n) is 3.04. The third-order valence-corrected chi connectivity index (χ3v) is 3.29. The molecule has 0 atom stereocenters. The van der Waals surface area contributed by atoms with E-state index in [9.17, 15) is 0 Å². The van der Waals surface area contributed by atoms with Crippen LogP contribution in [0.4, 0.5) is 11.4 Å². The van der Waals surface area contributed by atoms with Gasteiger partial charge < -0.3 is 10.2 Å². The molecule has 0 radical (unpaired) electrons. The van der Waals surface area contributed by atoms with Crippen LogP contribution in [0, 0.1) is 0 Å². The number of nitrogens with zero attached hydrogens (tertiary/aromatic N) is 1. The molecule has 0 fully saturated rings. The fourth-order valence-electron chi connectivity index (χ4n) is 1.88. The first-order chi connectivity index (χ1) is 9.15. The zero-order valence-corrected chi connectivity index (χ0v) is 12.1. The molecule has 2 nitrogen and oxygen atoms in total. The van der Waals surface area contributed by atoms with Gasteiger partial charge in [0.25, 0.3) is 0 Å². The number of hydrogen-bond donors (Lipinski definition) is 1. The lowest BCUT2D eigenvalue weighted by Crippen LogP contribution is -2.09. The molecule has 0 spiro atoms. The van der Waals surface area contributed by atoms with E-state index in [1.807, 2.05) is 26.2 Å². The Kier molecular flexibility index (Phi) is 4.69. The summed E-state index contributed by atoms with van der Waals surface area (Å²) in [5, 5.41) is 4.21. The average molecular weight is 275 g/mol. The molecule has 0 heterocycles. The van der Waals surface area contributed by atoms with E-state index in [0.717, 1.165) is 23.7 Å². The fraction of sp³-hybridized carbons (Fsp3) is 0.250. The van der Waals surface area contributed by atoms with Crippen molar-refractivity contribution in [3.8, 4) is 0 Å². The average Bonchev–Trinajstić information content (AvgIpc) is 2.41. The van der Waals surface area contributed by atoms with E-state index in [0.29, 0.717) is 0 Å². The summed E-state index contributed by atoms with van der Waals surface area (Å²) in [5.74, 6) is 0. The molecule has 100 valence electrons. The molecule has 0 saturated heterocycles. The number of nitrogens with one attached hydrogen (secondary N) is 1. The summed E-state index contributed by atoms with van der Waals surface area (Å²) in [6.45, 7) is 0.920. The highest BCUT2D eigenvalue weighted by atomic mass is 35.5. The molecule has 1 N–H and O–H groups in total. The van der Waals surface area contributed by atoms with Gasteiger partial charge in [-0.25, -0.2) is 0 Å². The largest absolute Gasteiger partial charge is 0.385 e. The van der Waals surface area contributed by atoms with Gasteiger partial charge in [-0.3, -0.25) is 0 Å². The Hall–Kier alpha value is -1.67. The molecule has 2 rings (SSSR count). The molecule has 0 amide bonds. The Morgan fingerprint density at radius 2 is 1.58 bits per heavy atom. The highest BCUT2D eigenvalue weighted by molar-refractivity contribution is 6.30. The van der Waals surface area contributed by atoms with E-state index in [4.69, 9.17) is 11.6 Å². The van der Waals surface area contributed by atoms with Crippen molar-refractivity contribution in [1.82, 2.24) is 0 Å². The van der Waals surface area contributed by atoms with Crippen molar-refractivity contribution in [2.75, 3.05) is 30.9 Å². The van der Waals surface area contributed by atoms with Crippen molar-refractivity contribution in [3.63, 3.8) is 0 Å². The number of benzene rings is 2. The van der Waals surface area contributed by atoms with Crippen LogP contribution in [-0.4, -0.2) is 20.6 Å². The van der Waals surface area contributed by atoms with Gasteiger partial charge in [0.1, 0.15) is 0 Å². The Balaban J connectivity index is 1.83. The summed E-state index contributed by atoms with van der Waals surface area (Å²) in [6.07, 6.45) is 0.993. The Labute approximate surface area is 120 Å². The fourth-order valence-corrected chi connectivity index (χ4v) is 2.01. The van der Waals surface area contributed by atoms with E-state index in [-0.39, 0.29) is 0 Å². The zero-order chi connectivity index (χ0) is 13.7. The molecule has 0 bridgehead atoms. The molecule has 0 aromatic heterocycles. The third kappa shape index (κ3) is 4.18. The van der Waals surface area contributed by atoms with E-state index >= 15 is 0 Å². The maximum atomic E-state index is 5.86. The number of rotatable bonds is 5. The Morgan fingerprint density at radius 3 is 2.16 bits per heavy atom. The van der Waals surface area contributed by atoms with Gasteiger partial charge >= 0.3 is 0 Å². The lowest BCUT2D eigenvalue weighted by molar-refractivity contribution is 1.02. The molecule has 0 aliphatic carbocycles. The quantitative estimate of drug-likeness (QED) is 0.884. The first-order valence-electron chi connectivity index (χ1n) is 6.41. The van der Waals surface area contributed by atoms with Crippen LogP contribution in [0.3, 0.4) is 0 Å².